The molecule has 2 aromatic carbocycles. The number of aromatic nitrogens is 3. The maximum atomic E-state index is 12.8. The normalized spacial score (nSPS) is 12.3. The molecular formula is C19H19F3N4O2S. The van der Waals surface area contributed by atoms with Crippen LogP contribution in [0, 0.1) is 0 Å². The number of hydrogen-bond acceptors (Lipinski definition) is 4. The highest BCUT2D eigenvalue weighted by Gasteiger charge is 2.30. The second kappa shape index (κ2) is 7.86. The van der Waals surface area contributed by atoms with Gasteiger partial charge in [0.1, 0.15) is 6.33 Å². The number of anilines is 1. The van der Waals surface area contributed by atoms with E-state index in [1.165, 1.54) is 35.3 Å². The SMILES string of the molecule is CC(C)c1ccc(S(=O)(=O)Nc2ncn(Cc3cccc(C(F)(F)F)c3)n2)cc1. The minimum atomic E-state index is -4.44. The van der Waals surface area contributed by atoms with E-state index in [-0.39, 0.29) is 23.3 Å². The Balaban J connectivity index is 1.73. The first-order chi connectivity index (χ1) is 13.5. The summed E-state index contributed by atoms with van der Waals surface area (Å²) in [6.45, 7) is 4.02. The molecule has 6 nitrogen and oxygen atoms in total. The Kier molecular flexibility index (Phi) is 5.65. The van der Waals surface area contributed by atoms with E-state index in [1.54, 1.807) is 12.1 Å². The van der Waals surface area contributed by atoms with E-state index in [0.29, 0.717) is 5.56 Å². The molecule has 0 aliphatic heterocycles. The van der Waals surface area contributed by atoms with Gasteiger partial charge >= 0.3 is 6.18 Å². The zero-order valence-electron chi connectivity index (χ0n) is 15.7. The van der Waals surface area contributed by atoms with Gasteiger partial charge in [0, 0.05) is 0 Å². The van der Waals surface area contributed by atoms with E-state index >= 15 is 0 Å². The molecule has 0 unspecified atom stereocenters. The molecule has 0 aliphatic carbocycles. The lowest BCUT2D eigenvalue weighted by molar-refractivity contribution is -0.137. The fourth-order valence-corrected chi connectivity index (χ4v) is 3.61. The summed E-state index contributed by atoms with van der Waals surface area (Å²) in [5.74, 6) is 0.109. The van der Waals surface area contributed by atoms with Crippen molar-refractivity contribution in [2.75, 3.05) is 4.72 Å². The third kappa shape index (κ3) is 5.14. The van der Waals surface area contributed by atoms with Crippen LogP contribution in [0.1, 0.15) is 36.5 Å². The van der Waals surface area contributed by atoms with Crippen LogP contribution in [0.3, 0.4) is 0 Å². The monoisotopic (exact) mass is 424 g/mol. The molecule has 1 N–H and O–H groups in total. The van der Waals surface area contributed by atoms with Gasteiger partial charge in [0.25, 0.3) is 16.0 Å². The number of nitrogens with zero attached hydrogens (tertiary/aromatic N) is 3. The summed E-state index contributed by atoms with van der Waals surface area (Å²) < 4.78 is 66.9. The van der Waals surface area contributed by atoms with Gasteiger partial charge in [-0.2, -0.15) is 18.2 Å². The Morgan fingerprint density at radius 2 is 1.79 bits per heavy atom. The molecule has 1 aromatic heterocycles. The Labute approximate surface area is 166 Å². The van der Waals surface area contributed by atoms with Gasteiger partial charge in [-0.25, -0.2) is 17.8 Å². The Bertz CT molecular complexity index is 1090. The van der Waals surface area contributed by atoms with E-state index in [1.807, 2.05) is 13.8 Å². The topological polar surface area (TPSA) is 76.9 Å². The van der Waals surface area contributed by atoms with Crippen LogP contribution in [-0.4, -0.2) is 23.2 Å². The van der Waals surface area contributed by atoms with Crippen LogP contribution in [0.5, 0.6) is 0 Å². The first kappa shape index (κ1) is 20.8. The number of alkyl halides is 3. The van der Waals surface area contributed by atoms with Gasteiger partial charge in [0.15, 0.2) is 0 Å². The highest BCUT2D eigenvalue weighted by molar-refractivity contribution is 7.92. The van der Waals surface area contributed by atoms with Crippen molar-refractivity contribution in [3.8, 4) is 0 Å². The molecule has 0 spiro atoms. The van der Waals surface area contributed by atoms with Crippen molar-refractivity contribution in [2.45, 2.75) is 37.4 Å². The molecular weight excluding hydrogens is 405 g/mol. The number of nitrogens with one attached hydrogen (secondary N) is 1. The molecule has 1 heterocycles. The second-order valence-corrected chi connectivity index (χ2v) is 8.48. The van der Waals surface area contributed by atoms with Crippen molar-refractivity contribution in [1.29, 1.82) is 0 Å². The summed E-state index contributed by atoms with van der Waals surface area (Å²) in [5, 5.41) is 3.99. The summed E-state index contributed by atoms with van der Waals surface area (Å²) in [5.41, 5.74) is 0.608. The van der Waals surface area contributed by atoms with Crippen molar-refractivity contribution < 1.29 is 21.6 Å². The zero-order valence-corrected chi connectivity index (χ0v) is 16.5. The fraction of sp³-hybridized carbons (Fsp3) is 0.263. The van der Waals surface area contributed by atoms with Crippen molar-refractivity contribution in [1.82, 2.24) is 14.8 Å². The predicted molar refractivity (Wildman–Crippen MR) is 102 cm³/mol. The van der Waals surface area contributed by atoms with Crippen LogP contribution in [0.4, 0.5) is 19.1 Å². The molecule has 0 radical (unpaired) electrons. The molecule has 154 valence electrons. The van der Waals surface area contributed by atoms with Crippen LogP contribution < -0.4 is 4.72 Å². The minimum Gasteiger partial charge on any atom is -0.246 e. The van der Waals surface area contributed by atoms with Gasteiger partial charge < -0.3 is 0 Å². The molecule has 0 fully saturated rings. The number of hydrogen-bond donors (Lipinski definition) is 1. The average Bonchev–Trinajstić information content (AvgIpc) is 3.07. The first-order valence-corrected chi connectivity index (χ1v) is 10.2. The lowest BCUT2D eigenvalue weighted by atomic mass is 10.0. The van der Waals surface area contributed by atoms with Gasteiger partial charge in [-0.1, -0.05) is 38.1 Å². The van der Waals surface area contributed by atoms with E-state index in [4.69, 9.17) is 0 Å². The molecule has 10 heteroatoms. The molecule has 29 heavy (non-hydrogen) atoms. The molecule has 0 bridgehead atoms. The van der Waals surface area contributed by atoms with E-state index in [2.05, 4.69) is 14.8 Å². The maximum absolute atomic E-state index is 12.8. The summed E-state index contributed by atoms with van der Waals surface area (Å²) in [6, 6.07) is 11.3. The molecule has 0 amide bonds. The summed E-state index contributed by atoms with van der Waals surface area (Å²) in [6.07, 6.45) is -3.19. The molecule has 0 saturated carbocycles. The van der Waals surface area contributed by atoms with Gasteiger partial charge in [0.2, 0.25) is 0 Å². The van der Waals surface area contributed by atoms with Crippen molar-refractivity contribution in [2.24, 2.45) is 0 Å². The quantitative estimate of drug-likeness (QED) is 0.641. The predicted octanol–water partition coefficient (Wildman–Crippen LogP) is 4.27. The van der Waals surface area contributed by atoms with Crippen molar-refractivity contribution in [3.05, 3.63) is 71.5 Å². The van der Waals surface area contributed by atoms with E-state index in [9.17, 15) is 21.6 Å². The van der Waals surface area contributed by atoms with Gasteiger partial charge in [-0.3, -0.25) is 0 Å². The number of rotatable bonds is 6. The number of halogens is 3. The van der Waals surface area contributed by atoms with Gasteiger partial charge in [-0.15, -0.1) is 5.10 Å². The average molecular weight is 424 g/mol. The molecule has 0 atom stereocenters. The third-order valence-electron chi connectivity index (χ3n) is 4.22. The highest BCUT2D eigenvalue weighted by atomic mass is 32.2. The fourth-order valence-electron chi connectivity index (χ4n) is 2.66. The summed E-state index contributed by atoms with van der Waals surface area (Å²) in [7, 11) is -3.88. The van der Waals surface area contributed by atoms with Crippen LogP contribution in [0.15, 0.2) is 59.8 Å². The lowest BCUT2D eigenvalue weighted by Gasteiger charge is -2.09. The van der Waals surface area contributed by atoms with Gasteiger partial charge in [0.05, 0.1) is 17.0 Å². The Hall–Kier alpha value is -2.88. The Morgan fingerprint density at radius 1 is 1.10 bits per heavy atom. The molecule has 0 saturated heterocycles. The van der Waals surface area contributed by atoms with Gasteiger partial charge in [-0.05, 0) is 41.3 Å². The largest absolute Gasteiger partial charge is 0.416 e. The molecule has 0 aliphatic rings. The zero-order chi connectivity index (χ0) is 21.2. The summed E-state index contributed by atoms with van der Waals surface area (Å²) in [4.78, 5) is 3.95. The number of sulfonamides is 1. The summed E-state index contributed by atoms with van der Waals surface area (Å²) >= 11 is 0. The van der Waals surface area contributed by atoms with Crippen LogP contribution in [0.2, 0.25) is 0 Å². The first-order valence-electron chi connectivity index (χ1n) is 8.73. The van der Waals surface area contributed by atoms with Crippen LogP contribution in [-0.2, 0) is 22.7 Å². The van der Waals surface area contributed by atoms with E-state index < -0.39 is 21.8 Å². The van der Waals surface area contributed by atoms with Crippen molar-refractivity contribution >= 4 is 16.0 Å². The van der Waals surface area contributed by atoms with Crippen LogP contribution >= 0.6 is 0 Å². The van der Waals surface area contributed by atoms with E-state index in [0.717, 1.165) is 17.7 Å². The number of benzene rings is 2. The maximum Gasteiger partial charge on any atom is 0.416 e. The smallest absolute Gasteiger partial charge is 0.246 e. The lowest BCUT2D eigenvalue weighted by Crippen LogP contribution is -2.14. The second-order valence-electron chi connectivity index (χ2n) is 6.79. The van der Waals surface area contributed by atoms with Crippen molar-refractivity contribution in [3.63, 3.8) is 0 Å². The van der Waals surface area contributed by atoms with Crippen LogP contribution in [0.25, 0.3) is 0 Å². The molecule has 3 aromatic rings. The highest BCUT2D eigenvalue weighted by Crippen LogP contribution is 2.29. The third-order valence-corrected chi connectivity index (χ3v) is 5.56. The Morgan fingerprint density at radius 3 is 2.41 bits per heavy atom. The molecule has 3 rings (SSSR count). The standard InChI is InChI=1S/C19H19F3N4O2S/c1-13(2)15-6-8-17(9-7-15)29(27,28)25-18-23-12-26(24-18)11-14-4-3-5-16(10-14)19(20,21)22/h3-10,12-13H,11H2,1-2H3,(H,24,25). The minimum absolute atomic E-state index is 0.0156.